The lowest BCUT2D eigenvalue weighted by Gasteiger charge is -2.08. The minimum Gasteiger partial charge on any atom is -0.475 e. The standard InChI is InChI=1S/C10H13NO3/c1-3-6-11-7(2)8-4-5-9(14-8)10(12)13/h3-5,7,11H,1,6H2,2H3,(H,12,13). The molecule has 0 aromatic carbocycles. The van der Waals surface area contributed by atoms with Crippen molar-refractivity contribution in [3.8, 4) is 0 Å². The van der Waals surface area contributed by atoms with Crippen LogP contribution in [0.5, 0.6) is 0 Å². The molecule has 0 amide bonds. The summed E-state index contributed by atoms with van der Waals surface area (Å²) >= 11 is 0. The van der Waals surface area contributed by atoms with Crippen LogP contribution in [0, 0.1) is 0 Å². The van der Waals surface area contributed by atoms with Gasteiger partial charge < -0.3 is 14.8 Å². The SMILES string of the molecule is C=CCNC(C)c1ccc(C(=O)O)o1. The lowest BCUT2D eigenvalue weighted by atomic mass is 10.2. The third-order valence-corrected chi connectivity index (χ3v) is 1.83. The number of carboxylic acid groups (broad SMARTS) is 1. The molecule has 1 rings (SSSR count). The molecule has 1 aromatic heterocycles. The highest BCUT2D eigenvalue weighted by molar-refractivity contribution is 5.84. The van der Waals surface area contributed by atoms with Gasteiger partial charge in [0.1, 0.15) is 5.76 Å². The second-order valence-corrected chi connectivity index (χ2v) is 2.93. The lowest BCUT2D eigenvalue weighted by Crippen LogP contribution is -2.17. The largest absolute Gasteiger partial charge is 0.475 e. The fraction of sp³-hybridized carbons (Fsp3) is 0.300. The lowest BCUT2D eigenvalue weighted by molar-refractivity contribution is 0.0659. The molecule has 0 aliphatic carbocycles. The predicted molar refractivity (Wildman–Crippen MR) is 52.3 cm³/mol. The van der Waals surface area contributed by atoms with Crippen molar-refractivity contribution in [1.29, 1.82) is 0 Å². The number of furan rings is 1. The molecule has 0 saturated carbocycles. The molecule has 1 unspecified atom stereocenters. The number of carbonyl (C=O) groups is 1. The van der Waals surface area contributed by atoms with Crippen molar-refractivity contribution >= 4 is 5.97 Å². The van der Waals surface area contributed by atoms with Crippen LogP contribution in [0.4, 0.5) is 0 Å². The topological polar surface area (TPSA) is 62.5 Å². The molecule has 1 aromatic rings. The van der Waals surface area contributed by atoms with Gasteiger partial charge in [-0.25, -0.2) is 4.79 Å². The van der Waals surface area contributed by atoms with Crippen LogP contribution in [0.1, 0.15) is 29.3 Å². The minimum atomic E-state index is -1.05. The predicted octanol–water partition coefficient (Wildman–Crippen LogP) is 1.81. The van der Waals surface area contributed by atoms with Crippen LogP contribution in [0.25, 0.3) is 0 Å². The Labute approximate surface area is 82.2 Å². The number of aromatic carboxylic acids is 1. The van der Waals surface area contributed by atoms with Crippen LogP contribution in [-0.2, 0) is 0 Å². The molecule has 0 saturated heterocycles. The summed E-state index contributed by atoms with van der Waals surface area (Å²) in [6.07, 6.45) is 1.73. The Kier molecular flexibility index (Phi) is 3.48. The van der Waals surface area contributed by atoms with Crippen molar-refractivity contribution in [2.45, 2.75) is 13.0 Å². The fourth-order valence-corrected chi connectivity index (χ4v) is 1.06. The van der Waals surface area contributed by atoms with Crippen molar-refractivity contribution in [1.82, 2.24) is 5.32 Å². The molecule has 76 valence electrons. The number of hydrogen-bond acceptors (Lipinski definition) is 3. The van der Waals surface area contributed by atoms with Gasteiger partial charge in [-0.2, -0.15) is 0 Å². The molecule has 0 radical (unpaired) electrons. The summed E-state index contributed by atoms with van der Waals surface area (Å²) in [6, 6.07) is 3.09. The first-order valence-electron chi connectivity index (χ1n) is 4.32. The van der Waals surface area contributed by atoms with E-state index in [0.717, 1.165) is 0 Å². The third-order valence-electron chi connectivity index (χ3n) is 1.83. The Bertz CT molecular complexity index is 330. The molecule has 1 heterocycles. The quantitative estimate of drug-likeness (QED) is 0.703. The van der Waals surface area contributed by atoms with Gasteiger partial charge in [0.2, 0.25) is 5.76 Å². The first-order valence-corrected chi connectivity index (χ1v) is 4.32. The molecular formula is C10H13NO3. The Morgan fingerprint density at radius 2 is 2.50 bits per heavy atom. The summed E-state index contributed by atoms with van der Waals surface area (Å²) in [7, 11) is 0. The smallest absolute Gasteiger partial charge is 0.371 e. The van der Waals surface area contributed by atoms with E-state index in [4.69, 9.17) is 9.52 Å². The molecule has 2 N–H and O–H groups in total. The minimum absolute atomic E-state index is 0.0129. The Balaban J connectivity index is 2.66. The van der Waals surface area contributed by atoms with E-state index >= 15 is 0 Å². The molecule has 0 fully saturated rings. The van der Waals surface area contributed by atoms with E-state index in [-0.39, 0.29) is 11.8 Å². The Morgan fingerprint density at radius 1 is 1.79 bits per heavy atom. The molecule has 1 atom stereocenters. The van der Waals surface area contributed by atoms with E-state index in [9.17, 15) is 4.79 Å². The fourth-order valence-electron chi connectivity index (χ4n) is 1.06. The van der Waals surface area contributed by atoms with Crippen LogP contribution < -0.4 is 5.32 Å². The Morgan fingerprint density at radius 3 is 3.00 bits per heavy atom. The highest BCUT2D eigenvalue weighted by Crippen LogP contribution is 2.15. The maximum absolute atomic E-state index is 10.5. The van der Waals surface area contributed by atoms with Gasteiger partial charge in [-0.05, 0) is 19.1 Å². The van der Waals surface area contributed by atoms with Crippen LogP contribution in [0.2, 0.25) is 0 Å². The van der Waals surface area contributed by atoms with Gasteiger partial charge in [-0.3, -0.25) is 0 Å². The summed E-state index contributed by atoms with van der Waals surface area (Å²) < 4.78 is 5.11. The van der Waals surface area contributed by atoms with Crippen molar-refractivity contribution in [2.24, 2.45) is 0 Å². The van der Waals surface area contributed by atoms with Gasteiger partial charge >= 0.3 is 5.97 Å². The average Bonchev–Trinajstić information content (AvgIpc) is 2.62. The molecule has 0 aliphatic rings. The van der Waals surface area contributed by atoms with Gasteiger partial charge in [0, 0.05) is 6.54 Å². The third kappa shape index (κ3) is 2.47. The van der Waals surface area contributed by atoms with Crippen molar-refractivity contribution < 1.29 is 14.3 Å². The molecule has 14 heavy (non-hydrogen) atoms. The van der Waals surface area contributed by atoms with E-state index in [1.54, 1.807) is 12.1 Å². The number of nitrogens with one attached hydrogen (secondary N) is 1. The summed E-state index contributed by atoms with van der Waals surface area (Å²) in [6.45, 7) is 6.13. The van der Waals surface area contributed by atoms with Gasteiger partial charge in [-0.15, -0.1) is 6.58 Å². The molecule has 0 spiro atoms. The summed E-state index contributed by atoms with van der Waals surface area (Å²) in [5.41, 5.74) is 0. The summed E-state index contributed by atoms with van der Waals surface area (Å²) in [4.78, 5) is 10.5. The Hall–Kier alpha value is -1.55. The maximum atomic E-state index is 10.5. The summed E-state index contributed by atoms with van der Waals surface area (Å²) in [5.74, 6) is -0.469. The van der Waals surface area contributed by atoms with Crippen molar-refractivity contribution in [3.05, 3.63) is 36.3 Å². The molecule has 0 bridgehead atoms. The monoisotopic (exact) mass is 195 g/mol. The van der Waals surface area contributed by atoms with E-state index in [0.29, 0.717) is 12.3 Å². The number of rotatable bonds is 5. The van der Waals surface area contributed by atoms with Gasteiger partial charge in [0.05, 0.1) is 6.04 Å². The van der Waals surface area contributed by atoms with Crippen molar-refractivity contribution in [3.63, 3.8) is 0 Å². The van der Waals surface area contributed by atoms with E-state index in [1.807, 2.05) is 6.92 Å². The van der Waals surface area contributed by atoms with E-state index < -0.39 is 5.97 Å². The van der Waals surface area contributed by atoms with Crippen LogP contribution in [0.3, 0.4) is 0 Å². The molecular weight excluding hydrogens is 182 g/mol. The van der Waals surface area contributed by atoms with Crippen LogP contribution in [-0.4, -0.2) is 17.6 Å². The number of carboxylic acids is 1. The maximum Gasteiger partial charge on any atom is 0.371 e. The zero-order valence-electron chi connectivity index (χ0n) is 7.99. The van der Waals surface area contributed by atoms with E-state index in [1.165, 1.54) is 6.07 Å². The summed E-state index contributed by atoms with van der Waals surface area (Å²) in [5, 5.41) is 11.7. The van der Waals surface area contributed by atoms with Crippen LogP contribution >= 0.6 is 0 Å². The normalized spacial score (nSPS) is 12.4. The number of hydrogen-bond donors (Lipinski definition) is 2. The highest BCUT2D eigenvalue weighted by atomic mass is 16.4. The van der Waals surface area contributed by atoms with E-state index in [2.05, 4.69) is 11.9 Å². The molecule has 4 heteroatoms. The second kappa shape index (κ2) is 4.62. The second-order valence-electron chi connectivity index (χ2n) is 2.93. The van der Waals surface area contributed by atoms with Crippen LogP contribution in [0.15, 0.2) is 29.2 Å². The average molecular weight is 195 g/mol. The molecule has 0 aliphatic heterocycles. The zero-order chi connectivity index (χ0) is 10.6. The van der Waals surface area contributed by atoms with Gasteiger partial charge in [0.25, 0.3) is 0 Å². The van der Waals surface area contributed by atoms with Crippen molar-refractivity contribution in [2.75, 3.05) is 6.54 Å². The van der Waals surface area contributed by atoms with Gasteiger partial charge in [-0.1, -0.05) is 6.08 Å². The highest BCUT2D eigenvalue weighted by Gasteiger charge is 2.12. The first kappa shape index (κ1) is 10.5. The first-order chi connectivity index (χ1) is 6.65. The zero-order valence-corrected chi connectivity index (χ0v) is 7.99. The molecule has 4 nitrogen and oxygen atoms in total. The van der Waals surface area contributed by atoms with Gasteiger partial charge in [0.15, 0.2) is 0 Å².